The van der Waals surface area contributed by atoms with Crippen molar-refractivity contribution in [3.8, 4) is 23.0 Å². The summed E-state index contributed by atoms with van der Waals surface area (Å²) in [5, 5.41) is 8.86. The van der Waals surface area contributed by atoms with Crippen molar-refractivity contribution in [1.29, 1.82) is 0 Å². The molecule has 0 saturated carbocycles. The quantitative estimate of drug-likeness (QED) is 0.0588. The SMILES string of the molecule is C.CCCC(=O)c1cc(C)cc(Oc2cc(F)c(S(=O)(=O)Nc3ncns3)cc2F)c1.CCN.Cc1cc(Oc2cc(F)c(S(=O)(=O)Nc3ncns3)cc2F)cc(C(=O)O)c1.Cl. The summed E-state index contributed by atoms with van der Waals surface area (Å²) >= 11 is 1.47. The van der Waals surface area contributed by atoms with Crippen LogP contribution in [0.1, 0.15) is 66.0 Å². The molecule has 0 radical (unpaired) electrons. The number of carbonyl (C=O) groups excluding carboxylic acids is 1. The van der Waals surface area contributed by atoms with Crippen LogP contribution in [0.15, 0.2) is 83.1 Å². The fourth-order valence-corrected chi connectivity index (χ4v) is 8.36. The number of ether oxygens (including phenoxy) is 2. The number of nitrogens with zero attached hydrogens (tertiary/aromatic N) is 4. The van der Waals surface area contributed by atoms with Gasteiger partial charge in [-0.1, -0.05) is 21.3 Å². The van der Waals surface area contributed by atoms with E-state index in [4.69, 9.17) is 20.3 Å². The lowest BCUT2D eigenvalue weighted by Crippen LogP contribution is -2.15. The van der Waals surface area contributed by atoms with Crippen LogP contribution in [0.25, 0.3) is 0 Å². The van der Waals surface area contributed by atoms with Crippen LogP contribution in [-0.4, -0.2) is 59.0 Å². The third kappa shape index (κ3) is 14.9. The Morgan fingerprint density at radius 1 is 0.683 bits per heavy atom. The number of aromatic nitrogens is 4. The number of benzene rings is 4. The van der Waals surface area contributed by atoms with Gasteiger partial charge in [0.05, 0.1) is 5.56 Å². The first-order valence-electron chi connectivity index (χ1n) is 17.4. The van der Waals surface area contributed by atoms with E-state index < -0.39 is 70.6 Å². The predicted molar refractivity (Wildman–Crippen MR) is 232 cm³/mol. The molecule has 0 unspecified atom stereocenters. The molecule has 16 nitrogen and oxygen atoms in total. The van der Waals surface area contributed by atoms with Gasteiger partial charge < -0.3 is 20.3 Å². The van der Waals surface area contributed by atoms with E-state index in [1.54, 1.807) is 26.0 Å². The highest BCUT2D eigenvalue weighted by molar-refractivity contribution is 7.93. The van der Waals surface area contributed by atoms with E-state index in [-0.39, 0.29) is 52.9 Å². The lowest BCUT2D eigenvalue weighted by Gasteiger charge is -2.12. The van der Waals surface area contributed by atoms with Crippen molar-refractivity contribution in [2.45, 2.75) is 57.8 Å². The maximum atomic E-state index is 14.5. The largest absolute Gasteiger partial charge is 0.478 e. The molecule has 0 saturated heterocycles. The standard InChI is InChI=1S/C19H17F2N3O4S2.C16H11F2N3O5S2.C2H7N.CH4.ClH/c1-3-4-16(25)12-5-11(2)6-13(7-12)28-17-8-15(21)18(9-14(17)20)30(26,27)24-19-22-10-23-29-19;1-8-2-9(15(22)23)4-10(3-8)26-13-5-12(18)14(6-11(13)17)28(24,25)21-16-19-7-20-27-16;1-2-3;;/h5-10H,3-4H2,1-2H3,(H,22,23,24);2-7H,1H3,(H,22,23)(H,19,20,21);2-3H2,1H3;1H4;1H. The van der Waals surface area contributed by atoms with Crippen LogP contribution < -0.4 is 24.7 Å². The van der Waals surface area contributed by atoms with Crippen LogP contribution in [0.5, 0.6) is 23.0 Å². The summed E-state index contributed by atoms with van der Waals surface area (Å²) in [5.41, 5.74) is 6.37. The minimum absolute atomic E-state index is 0. The minimum Gasteiger partial charge on any atom is -0.478 e. The molecule has 63 heavy (non-hydrogen) atoms. The van der Waals surface area contributed by atoms with Crippen molar-refractivity contribution in [3.05, 3.63) is 119 Å². The second-order valence-corrected chi connectivity index (χ2v) is 17.2. The number of aromatic carboxylic acids is 1. The van der Waals surface area contributed by atoms with Gasteiger partial charge in [0.2, 0.25) is 10.3 Å². The van der Waals surface area contributed by atoms with Gasteiger partial charge in [-0.25, -0.2) is 49.2 Å². The summed E-state index contributed by atoms with van der Waals surface area (Å²) < 4.78 is 129. The number of hydrogen-bond acceptors (Lipinski definition) is 15. The van der Waals surface area contributed by atoms with Crippen molar-refractivity contribution in [1.82, 2.24) is 18.7 Å². The van der Waals surface area contributed by atoms with E-state index in [1.807, 2.05) is 23.3 Å². The molecule has 0 amide bonds. The maximum absolute atomic E-state index is 14.5. The Morgan fingerprint density at radius 2 is 1.08 bits per heavy atom. The highest BCUT2D eigenvalue weighted by Crippen LogP contribution is 2.33. The Morgan fingerprint density at radius 3 is 1.44 bits per heavy atom. The number of carboxylic acids is 1. The third-order valence-electron chi connectivity index (χ3n) is 7.32. The van der Waals surface area contributed by atoms with Crippen molar-refractivity contribution >= 4 is 77.5 Å². The van der Waals surface area contributed by atoms with E-state index in [2.05, 4.69) is 18.7 Å². The lowest BCUT2D eigenvalue weighted by atomic mass is 10.0. The normalized spacial score (nSPS) is 10.7. The topological polar surface area (TPSA) is 243 Å². The first-order chi connectivity index (χ1) is 28.8. The number of ketones is 1. The number of sulfonamides is 2. The number of nitrogens with two attached hydrogens (primary N) is 1. The van der Waals surface area contributed by atoms with Crippen LogP contribution in [-0.2, 0) is 20.0 Å². The third-order valence-corrected chi connectivity index (χ3v) is 11.4. The van der Waals surface area contributed by atoms with Crippen molar-refractivity contribution < 1.29 is 58.6 Å². The molecule has 0 spiro atoms. The molecule has 0 bridgehead atoms. The van der Waals surface area contributed by atoms with Gasteiger partial charge in [0.25, 0.3) is 20.0 Å². The number of carbonyl (C=O) groups is 2. The average Bonchev–Trinajstić information content (AvgIpc) is 3.89. The van der Waals surface area contributed by atoms with Gasteiger partial charge in [0, 0.05) is 59.3 Å². The van der Waals surface area contributed by atoms with Crippen LogP contribution in [0.4, 0.5) is 27.8 Å². The Labute approximate surface area is 374 Å². The number of hydrogen-bond donors (Lipinski definition) is 4. The first-order valence-corrected chi connectivity index (χ1v) is 21.9. The van der Waals surface area contributed by atoms with Crippen molar-refractivity contribution in [2.75, 3.05) is 16.0 Å². The fraction of sp³-hybridized carbons (Fsp3) is 0.211. The van der Waals surface area contributed by atoms with Gasteiger partial charge in [0.15, 0.2) is 28.9 Å². The molecule has 0 aliphatic rings. The number of rotatable bonds is 14. The van der Waals surface area contributed by atoms with Gasteiger partial charge in [-0.15, -0.1) is 12.4 Å². The summed E-state index contributed by atoms with van der Waals surface area (Å²) in [6.45, 7) is 7.87. The second-order valence-electron chi connectivity index (χ2n) is 12.3. The summed E-state index contributed by atoms with van der Waals surface area (Å²) in [6, 6.07) is 10.8. The molecule has 2 aromatic heterocycles. The molecular weight excluding hydrogens is 938 g/mol. The van der Waals surface area contributed by atoms with E-state index in [9.17, 15) is 44.0 Å². The van der Waals surface area contributed by atoms with Crippen LogP contribution in [0.2, 0.25) is 0 Å². The molecule has 6 aromatic rings. The monoisotopic (exact) mass is 977 g/mol. The molecule has 25 heteroatoms. The molecule has 2 heterocycles. The Balaban J connectivity index is 0.000000397. The second kappa shape index (κ2) is 23.6. The predicted octanol–water partition coefficient (Wildman–Crippen LogP) is 9.14. The Bertz CT molecular complexity index is 2740. The highest BCUT2D eigenvalue weighted by atomic mass is 35.5. The Kier molecular flexibility index (Phi) is 20.0. The molecule has 0 aliphatic heterocycles. The number of anilines is 2. The molecular formula is C38H40ClF4N7O9S4. The molecule has 6 rings (SSSR count). The zero-order valence-electron chi connectivity index (χ0n) is 32.7. The number of Topliss-reactive ketones (excluding diaryl/α,β-unsaturated/α-hetero) is 1. The molecule has 0 fully saturated rings. The van der Waals surface area contributed by atoms with Crippen molar-refractivity contribution in [2.24, 2.45) is 5.73 Å². The molecule has 5 N–H and O–H groups in total. The van der Waals surface area contributed by atoms with Gasteiger partial charge in [-0.2, -0.15) is 8.75 Å². The lowest BCUT2D eigenvalue weighted by molar-refractivity contribution is 0.0696. The number of halogens is 5. The smallest absolute Gasteiger partial charge is 0.335 e. The maximum Gasteiger partial charge on any atom is 0.335 e. The van der Waals surface area contributed by atoms with E-state index in [0.29, 0.717) is 53.8 Å². The van der Waals surface area contributed by atoms with Crippen molar-refractivity contribution in [3.63, 3.8) is 0 Å². The average molecular weight is 978 g/mol. The van der Waals surface area contributed by atoms with Gasteiger partial charge in [-0.3, -0.25) is 14.2 Å². The number of carboxylic acid groups (broad SMARTS) is 1. The van der Waals surface area contributed by atoms with E-state index in [0.717, 1.165) is 48.3 Å². The number of nitrogens with one attached hydrogen (secondary N) is 2. The van der Waals surface area contributed by atoms with Gasteiger partial charge in [0.1, 0.15) is 45.6 Å². The van der Waals surface area contributed by atoms with Gasteiger partial charge in [-0.05, 0) is 74.3 Å². The molecule has 0 atom stereocenters. The zero-order chi connectivity index (χ0) is 45.1. The van der Waals surface area contributed by atoms with E-state index in [1.165, 1.54) is 18.2 Å². The molecule has 340 valence electrons. The molecule has 4 aromatic carbocycles. The summed E-state index contributed by atoms with van der Waals surface area (Å²) in [6.07, 6.45) is 3.24. The van der Waals surface area contributed by atoms with E-state index >= 15 is 0 Å². The van der Waals surface area contributed by atoms with Gasteiger partial charge >= 0.3 is 5.97 Å². The first kappa shape index (κ1) is 53.3. The summed E-state index contributed by atoms with van der Waals surface area (Å²) in [5.74, 6) is -7.05. The van der Waals surface area contributed by atoms with Crippen LogP contribution >= 0.6 is 35.5 Å². The minimum atomic E-state index is -4.44. The molecule has 0 aliphatic carbocycles. The Hall–Kier alpha value is -5.79. The summed E-state index contributed by atoms with van der Waals surface area (Å²) in [4.78, 5) is 28.6. The van der Waals surface area contributed by atoms with Crippen LogP contribution in [0, 0.1) is 37.1 Å². The number of aryl methyl sites for hydroxylation is 2. The summed E-state index contributed by atoms with van der Waals surface area (Å²) in [7, 11) is -8.86. The highest BCUT2D eigenvalue weighted by Gasteiger charge is 2.26. The fourth-order valence-electron chi connectivity index (χ4n) is 4.89. The zero-order valence-corrected chi connectivity index (χ0v) is 36.8. The van der Waals surface area contributed by atoms with Crippen LogP contribution in [0.3, 0.4) is 0 Å².